The maximum atomic E-state index is 8.59. The first-order valence-corrected chi connectivity index (χ1v) is 4.29. The fourth-order valence-corrected chi connectivity index (χ4v) is 1.63. The van der Waals surface area contributed by atoms with E-state index in [9.17, 15) is 0 Å². The highest BCUT2D eigenvalue weighted by Crippen LogP contribution is 2.27. The largest absolute Gasteiger partial charge is 0.308 e. The fraction of sp³-hybridized carbons (Fsp3) is 0.875. The van der Waals surface area contributed by atoms with Crippen molar-refractivity contribution >= 4 is 0 Å². The molecule has 1 saturated carbocycles. The predicted octanol–water partition coefficient (Wildman–Crippen LogP) is 0.247. The van der Waals surface area contributed by atoms with E-state index in [-0.39, 0.29) is 0 Å². The Bertz CT molecular complexity index is 172. The van der Waals surface area contributed by atoms with E-state index in [1.54, 1.807) is 0 Å². The van der Waals surface area contributed by atoms with Gasteiger partial charge in [-0.25, -0.2) is 0 Å². The molecule has 0 N–H and O–H groups in total. The lowest BCUT2D eigenvalue weighted by Crippen LogP contribution is -2.45. The lowest BCUT2D eigenvalue weighted by Gasteiger charge is -2.31. The molecular weight excluding hydrogens is 138 g/mol. The first-order valence-electron chi connectivity index (χ1n) is 4.29. The number of hydrogen-bond donors (Lipinski definition) is 0. The van der Waals surface area contributed by atoms with Crippen LogP contribution in [0.3, 0.4) is 0 Å². The molecule has 0 aromatic heterocycles. The Kier molecular flexibility index (Phi) is 1.71. The summed E-state index contributed by atoms with van der Waals surface area (Å²) in [6.45, 7) is 4.07. The van der Waals surface area contributed by atoms with E-state index in [0.29, 0.717) is 0 Å². The first-order chi connectivity index (χ1) is 5.40. The third kappa shape index (κ3) is 1.46. The lowest BCUT2D eigenvalue weighted by atomic mass is 10.3. The first kappa shape index (κ1) is 6.93. The molecule has 1 heterocycles. The zero-order valence-corrected chi connectivity index (χ0v) is 6.66. The molecule has 60 valence electrons. The molecule has 1 saturated heterocycles. The molecule has 0 aromatic carbocycles. The number of nitrogens with zero attached hydrogens (tertiary/aromatic N) is 3. The van der Waals surface area contributed by atoms with E-state index in [1.165, 1.54) is 12.8 Å². The number of hydrogen-bond acceptors (Lipinski definition) is 3. The second kappa shape index (κ2) is 2.71. The summed E-state index contributed by atoms with van der Waals surface area (Å²) in [4.78, 5) is 4.35. The molecule has 0 radical (unpaired) electrons. The zero-order valence-electron chi connectivity index (χ0n) is 6.66. The molecule has 0 aromatic rings. The van der Waals surface area contributed by atoms with Crippen LogP contribution in [0.4, 0.5) is 0 Å². The van der Waals surface area contributed by atoms with Gasteiger partial charge in [-0.05, 0) is 12.8 Å². The maximum Gasteiger partial charge on any atom is 0.179 e. The molecule has 1 aliphatic heterocycles. The molecule has 2 aliphatic rings. The van der Waals surface area contributed by atoms with Crippen LogP contribution in [0.1, 0.15) is 12.8 Å². The molecule has 1 aliphatic carbocycles. The van der Waals surface area contributed by atoms with Crippen molar-refractivity contribution in [3.63, 3.8) is 0 Å². The summed E-state index contributed by atoms with van der Waals surface area (Å²) in [6.07, 6.45) is 4.95. The minimum Gasteiger partial charge on any atom is -0.308 e. The highest BCUT2D eigenvalue weighted by atomic mass is 15.3. The number of nitriles is 1. The van der Waals surface area contributed by atoms with E-state index in [0.717, 1.165) is 32.2 Å². The Labute approximate surface area is 67.2 Å². The Hall–Kier alpha value is -0.750. The van der Waals surface area contributed by atoms with Gasteiger partial charge in [0.2, 0.25) is 0 Å². The molecule has 3 heteroatoms. The molecular formula is C8H13N3. The monoisotopic (exact) mass is 151 g/mol. The summed E-state index contributed by atoms with van der Waals surface area (Å²) in [7, 11) is 0. The van der Waals surface area contributed by atoms with Crippen molar-refractivity contribution in [3.05, 3.63) is 0 Å². The molecule has 0 spiro atoms. The van der Waals surface area contributed by atoms with Crippen molar-refractivity contribution in [2.24, 2.45) is 0 Å². The molecule has 2 fully saturated rings. The topological polar surface area (TPSA) is 30.3 Å². The lowest BCUT2D eigenvalue weighted by molar-refractivity contribution is 0.166. The molecule has 3 nitrogen and oxygen atoms in total. The van der Waals surface area contributed by atoms with Crippen LogP contribution in [0.5, 0.6) is 0 Å². The third-order valence-electron chi connectivity index (χ3n) is 2.52. The zero-order chi connectivity index (χ0) is 7.68. The van der Waals surface area contributed by atoms with Gasteiger partial charge in [-0.15, -0.1) is 0 Å². The molecule has 0 unspecified atom stereocenters. The summed E-state index contributed by atoms with van der Waals surface area (Å²) >= 11 is 0. The van der Waals surface area contributed by atoms with Gasteiger partial charge < -0.3 is 4.90 Å². The minimum atomic E-state index is 0.871. The van der Waals surface area contributed by atoms with E-state index in [2.05, 4.69) is 11.1 Å². The van der Waals surface area contributed by atoms with Crippen molar-refractivity contribution in [1.82, 2.24) is 9.80 Å². The van der Waals surface area contributed by atoms with Crippen LogP contribution in [-0.2, 0) is 0 Å². The van der Waals surface area contributed by atoms with Crippen molar-refractivity contribution < 1.29 is 0 Å². The quantitative estimate of drug-likeness (QED) is 0.503. The Morgan fingerprint density at radius 2 is 1.73 bits per heavy atom. The summed E-state index contributed by atoms with van der Waals surface area (Å²) in [6, 6.07) is 0.871. The number of piperazine rings is 1. The molecule has 0 amide bonds. The van der Waals surface area contributed by atoms with Gasteiger partial charge in [-0.3, -0.25) is 4.90 Å². The van der Waals surface area contributed by atoms with Gasteiger partial charge in [0.15, 0.2) is 6.19 Å². The van der Waals surface area contributed by atoms with Gasteiger partial charge in [0, 0.05) is 32.2 Å². The SMILES string of the molecule is N#CN1CCN(C2CC2)CC1. The number of rotatable bonds is 1. The second-order valence-corrected chi connectivity index (χ2v) is 3.35. The second-order valence-electron chi connectivity index (χ2n) is 3.35. The van der Waals surface area contributed by atoms with E-state index in [1.807, 2.05) is 4.90 Å². The smallest absolute Gasteiger partial charge is 0.179 e. The van der Waals surface area contributed by atoms with Gasteiger partial charge in [-0.1, -0.05) is 0 Å². The highest BCUT2D eigenvalue weighted by Gasteiger charge is 2.30. The van der Waals surface area contributed by atoms with Crippen LogP contribution in [0, 0.1) is 11.5 Å². The van der Waals surface area contributed by atoms with Crippen LogP contribution in [0.25, 0.3) is 0 Å². The van der Waals surface area contributed by atoms with Crippen molar-refractivity contribution in [2.45, 2.75) is 18.9 Å². The van der Waals surface area contributed by atoms with Crippen LogP contribution >= 0.6 is 0 Å². The van der Waals surface area contributed by atoms with Crippen molar-refractivity contribution in [2.75, 3.05) is 26.2 Å². The fourth-order valence-electron chi connectivity index (χ4n) is 1.63. The summed E-state index contributed by atoms with van der Waals surface area (Å²) in [5, 5.41) is 8.59. The molecule has 0 bridgehead atoms. The van der Waals surface area contributed by atoms with E-state index >= 15 is 0 Å². The third-order valence-corrected chi connectivity index (χ3v) is 2.52. The van der Waals surface area contributed by atoms with Gasteiger partial charge >= 0.3 is 0 Å². The van der Waals surface area contributed by atoms with Crippen LogP contribution in [0.15, 0.2) is 0 Å². The average Bonchev–Trinajstić information content (AvgIpc) is 2.87. The maximum absolute atomic E-state index is 8.59. The summed E-state index contributed by atoms with van der Waals surface area (Å²) in [5.41, 5.74) is 0. The molecule has 11 heavy (non-hydrogen) atoms. The van der Waals surface area contributed by atoms with Crippen LogP contribution in [0.2, 0.25) is 0 Å². The normalized spacial score (nSPS) is 26.6. The van der Waals surface area contributed by atoms with Crippen LogP contribution < -0.4 is 0 Å². The predicted molar refractivity (Wildman–Crippen MR) is 41.8 cm³/mol. The Morgan fingerprint density at radius 1 is 1.09 bits per heavy atom. The standard InChI is InChI=1S/C8H13N3/c9-7-10-3-5-11(6-4-10)8-1-2-8/h8H,1-6H2. The summed E-state index contributed by atoms with van der Waals surface area (Å²) in [5.74, 6) is 0. The van der Waals surface area contributed by atoms with Crippen molar-refractivity contribution in [3.8, 4) is 6.19 Å². The average molecular weight is 151 g/mol. The van der Waals surface area contributed by atoms with Gasteiger partial charge in [0.25, 0.3) is 0 Å². The van der Waals surface area contributed by atoms with Crippen molar-refractivity contribution in [1.29, 1.82) is 5.26 Å². The van der Waals surface area contributed by atoms with E-state index in [4.69, 9.17) is 5.26 Å². The van der Waals surface area contributed by atoms with Crippen LogP contribution in [-0.4, -0.2) is 42.0 Å². The Morgan fingerprint density at radius 3 is 2.18 bits per heavy atom. The molecule has 2 rings (SSSR count). The Balaban J connectivity index is 1.80. The van der Waals surface area contributed by atoms with Gasteiger partial charge in [0.1, 0.15) is 0 Å². The molecule has 0 atom stereocenters. The van der Waals surface area contributed by atoms with Gasteiger partial charge in [-0.2, -0.15) is 5.26 Å². The van der Waals surface area contributed by atoms with Gasteiger partial charge in [0.05, 0.1) is 0 Å². The van der Waals surface area contributed by atoms with E-state index < -0.39 is 0 Å². The highest BCUT2D eigenvalue weighted by molar-refractivity contribution is 4.89. The minimum absolute atomic E-state index is 0.871. The summed E-state index contributed by atoms with van der Waals surface area (Å²) < 4.78 is 0.